The molecule has 0 aliphatic carbocycles. The van der Waals surface area contributed by atoms with Crippen LogP contribution in [0.1, 0.15) is 27.7 Å². The SMILES string of the molecule is Nc1cccc(C(=O)N2CCc3nc(COc4ccccc4)oc3C2)c1. The number of rotatable bonds is 4. The van der Waals surface area contributed by atoms with Gasteiger partial charge >= 0.3 is 0 Å². The first kappa shape index (κ1) is 16.2. The van der Waals surface area contributed by atoms with Gasteiger partial charge in [0.05, 0.1) is 12.2 Å². The Morgan fingerprint density at radius 2 is 2.04 bits per heavy atom. The molecule has 2 heterocycles. The summed E-state index contributed by atoms with van der Waals surface area (Å²) in [6.07, 6.45) is 0.665. The van der Waals surface area contributed by atoms with Crippen LogP contribution in [0.15, 0.2) is 59.0 Å². The lowest BCUT2D eigenvalue weighted by Gasteiger charge is -2.25. The van der Waals surface area contributed by atoms with Crippen molar-refractivity contribution in [1.29, 1.82) is 0 Å². The second-order valence-corrected chi connectivity index (χ2v) is 6.18. The molecule has 2 aromatic carbocycles. The van der Waals surface area contributed by atoms with Crippen molar-refractivity contribution in [3.63, 3.8) is 0 Å². The first-order valence-corrected chi connectivity index (χ1v) is 8.49. The van der Waals surface area contributed by atoms with Crippen molar-refractivity contribution < 1.29 is 13.9 Å². The van der Waals surface area contributed by atoms with Crippen LogP contribution in [0.25, 0.3) is 0 Å². The molecule has 0 bridgehead atoms. The number of benzene rings is 2. The summed E-state index contributed by atoms with van der Waals surface area (Å²) in [7, 11) is 0. The molecule has 1 amide bonds. The predicted octanol–water partition coefficient (Wildman–Crippen LogP) is 3.03. The highest BCUT2D eigenvalue weighted by atomic mass is 16.5. The molecule has 2 N–H and O–H groups in total. The molecule has 0 saturated heterocycles. The first-order valence-electron chi connectivity index (χ1n) is 8.49. The summed E-state index contributed by atoms with van der Waals surface area (Å²) in [6, 6.07) is 16.5. The van der Waals surface area contributed by atoms with Gasteiger partial charge in [-0.15, -0.1) is 0 Å². The monoisotopic (exact) mass is 349 g/mol. The number of amides is 1. The third kappa shape index (κ3) is 3.39. The normalized spacial score (nSPS) is 13.3. The molecule has 0 fully saturated rings. The van der Waals surface area contributed by atoms with Gasteiger partial charge in [-0.2, -0.15) is 0 Å². The molecule has 1 aromatic heterocycles. The lowest BCUT2D eigenvalue weighted by molar-refractivity contribution is 0.0718. The van der Waals surface area contributed by atoms with E-state index in [1.54, 1.807) is 29.2 Å². The molecule has 0 radical (unpaired) electrons. The second kappa shape index (κ2) is 6.92. The highest BCUT2D eigenvalue weighted by molar-refractivity contribution is 5.95. The van der Waals surface area contributed by atoms with Crippen LogP contribution in [0.4, 0.5) is 5.69 Å². The smallest absolute Gasteiger partial charge is 0.254 e. The Hall–Kier alpha value is -3.28. The van der Waals surface area contributed by atoms with E-state index in [2.05, 4.69) is 4.98 Å². The molecule has 132 valence electrons. The summed E-state index contributed by atoms with van der Waals surface area (Å²) in [4.78, 5) is 18.9. The molecule has 3 aromatic rings. The maximum Gasteiger partial charge on any atom is 0.254 e. The molecule has 6 nitrogen and oxygen atoms in total. The van der Waals surface area contributed by atoms with Crippen LogP contribution in [0.5, 0.6) is 5.75 Å². The fraction of sp³-hybridized carbons (Fsp3) is 0.200. The highest BCUT2D eigenvalue weighted by Crippen LogP contribution is 2.23. The van der Waals surface area contributed by atoms with Gasteiger partial charge in [-0.25, -0.2) is 4.98 Å². The number of para-hydroxylation sites is 1. The van der Waals surface area contributed by atoms with E-state index in [-0.39, 0.29) is 12.5 Å². The molecule has 6 heteroatoms. The van der Waals surface area contributed by atoms with Crippen LogP contribution in [-0.2, 0) is 19.6 Å². The molecule has 0 unspecified atom stereocenters. The van der Waals surface area contributed by atoms with Crippen LogP contribution in [0, 0.1) is 0 Å². The molecule has 4 rings (SSSR count). The molecule has 1 aliphatic heterocycles. The van der Waals surface area contributed by atoms with E-state index in [9.17, 15) is 4.79 Å². The lowest BCUT2D eigenvalue weighted by atomic mass is 10.1. The number of nitrogen functional groups attached to an aromatic ring is 1. The Labute approximate surface area is 151 Å². The number of hydrogen-bond acceptors (Lipinski definition) is 5. The van der Waals surface area contributed by atoms with Crippen LogP contribution in [-0.4, -0.2) is 22.3 Å². The minimum absolute atomic E-state index is 0.0542. The van der Waals surface area contributed by atoms with Gasteiger partial charge in [0.1, 0.15) is 11.5 Å². The first-order chi connectivity index (χ1) is 12.7. The van der Waals surface area contributed by atoms with Gasteiger partial charge < -0.3 is 19.8 Å². The van der Waals surface area contributed by atoms with Gasteiger partial charge in [0.15, 0.2) is 6.61 Å². The van der Waals surface area contributed by atoms with Crippen LogP contribution in [0.3, 0.4) is 0 Å². The zero-order valence-corrected chi connectivity index (χ0v) is 14.2. The van der Waals surface area contributed by atoms with Gasteiger partial charge in [0.25, 0.3) is 5.91 Å². The Kier molecular flexibility index (Phi) is 4.31. The van der Waals surface area contributed by atoms with Crippen molar-refractivity contribution in [1.82, 2.24) is 9.88 Å². The quantitative estimate of drug-likeness (QED) is 0.732. The summed E-state index contributed by atoms with van der Waals surface area (Å²) >= 11 is 0. The van der Waals surface area contributed by atoms with Gasteiger partial charge in [-0.05, 0) is 30.3 Å². The van der Waals surface area contributed by atoms with Crippen molar-refractivity contribution in [2.75, 3.05) is 12.3 Å². The van der Waals surface area contributed by atoms with Crippen LogP contribution in [0.2, 0.25) is 0 Å². The van der Waals surface area contributed by atoms with E-state index in [1.165, 1.54) is 0 Å². The topological polar surface area (TPSA) is 81.6 Å². The van der Waals surface area contributed by atoms with E-state index in [1.807, 2.05) is 30.3 Å². The van der Waals surface area contributed by atoms with Crippen molar-refractivity contribution >= 4 is 11.6 Å². The number of nitrogens with zero attached hydrogens (tertiary/aromatic N) is 2. The van der Waals surface area contributed by atoms with Crippen LogP contribution < -0.4 is 10.5 Å². The van der Waals surface area contributed by atoms with E-state index >= 15 is 0 Å². The van der Waals surface area contributed by atoms with Crippen LogP contribution >= 0.6 is 0 Å². The maximum absolute atomic E-state index is 12.7. The Morgan fingerprint density at radius 1 is 1.19 bits per heavy atom. The molecule has 1 aliphatic rings. The van der Waals surface area contributed by atoms with E-state index in [0.717, 1.165) is 17.2 Å². The van der Waals surface area contributed by atoms with Crippen molar-refractivity contribution in [3.05, 3.63) is 77.5 Å². The largest absolute Gasteiger partial charge is 0.484 e. The molecule has 0 saturated carbocycles. The Balaban J connectivity index is 1.44. The summed E-state index contributed by atoms with van der Waals surface area (Å²) in [5.74, 6) is 1.96. The maximum atomic E-state index is 12.7. The number of carbonyl (C=O) groups is 1. The standard InChI is InChI=1S/C20H19N3O3/c21-15-6-4-5-14(11-15)20(24)23-10-9-17-18(12-23)26-19(22-17)13-25-16-7-2-1-3-8-16/h1-8,11H,9-10,12-13,21H2. The summed E-state index contributed by atoms with van der Waals surface area (Å²) < 4.78 is 11.5. The number of nitrogens with two attached hydrogens (primary N) is 1. The van der Waals surface area contributed by atoms with Gasteiger partial charge in [-0.3, -0.25) is 4.79 Å². The number of hydrogen-bond donors (Lipinski definition) is 1. The molecule has 0 spiro atoms. The van der Waals surface area contributed by atoms with E-state index < -0.39 is 0 Å². The minimum atomic E-state index is -0.0542. The van der Waals surface area contributed by atoms with E-state index in [0.29, 0.717) is 36.7 Å². The average Bonchev–Trinajstić information content (AvgIpc) is 3.08. The fourth-order valence-corrected chi connectivity index (χ4v) is 3.00. The predicted molar refractivity (Wildman–Crippen MR) is 96.6 cm³/mol. The van der Waals surface area contributed by atoms with E-state index in [4.69, 9.17) is 14.9 Å². The van der Waals surface area contributed by atoms with Crippen molar-refractivity contribution in [3.8, 4) is 5.75 Å². The number of anilines is 1. The molecular formula is C20H19N3O3. The molecular weight excluding hydrogens is 330 g/mol. The number of ether oxygens (including phenoxy) is 1. The lowest BCUT2D eigenvalue weighted by Crippen LogP contribution is -2.35. The summed E-state index contributed by atoms with van der Waals surface area (Å²) in [5, 5.41) is 0. The minimum Gasteiger partial charge on any atom is -0.484 e. The average molecular weight is 349 g/mol. The zero-order chi connectivity index (χ0) is 17.9. The third-order valence-corrected chi connectivity index (χ3v) is 4.30. The third-order valence-electron chi connectivity index (χ3n) is 4.30. The summed E-state index contributed by atoms with van der Waals surface area (Å²) in [5.41, 5.74) is 7.83. The second-order valence-electron chi connectivity index (χ2n) is 6.18. The number of carbonyl (C=O) groups excluding carboxylic acids is 1. The summed E-state index contributed by atoms with van der Waals surface area (Å²) in [6.45, 7) is 1.27. The highest BCUT2D eigenvalue weighted by Gasteiger charge is 2.26. The van der Waals surface area contributed by atoms with Crippen molar-refractivity contribution in [2.45, 2.75) is 19.6 Å². The van der Waals surface area contributed by atoms with Gasteiger partial charge in [0, 0.05) is 24.2 Å². The van der Waals surface area contributed by atoms with Gasteiger partial charge in [0.2, 0.25) is 5.89 Å². The Bertz CT molecular complexity index is 921. The zero-order valence-electron chi connectivity index (χ0n) is 14.2. The molecule has 0 atom stereocenters. The van der Waals surface area contributed by atoms with Gasteiger partial charge in [-0.1, -0.05) is 24.3 Å². The Morgan fingerprint density at radius 3 is 2.85 bits per heavy atom. The molecule has 26 heavy (non-hydrogen) atoms. The number of fused-ring (bicyclic) bond motifs is 1. The number of aromatic nitrogens is 1. The fourth-order valence-electron chi connectivity index (χ4n) is 3.00. The number of oxazole rings is 1. The van der Waals surface area contributed by atoms with Crippen molar-refractivity contribution in [2.24, 2.45) is 0 Å².